The molecule has 0 bridgehead atoms. The lowest BCUT2D eigenvalue weighted by Crippen LogP contribution is -2.31. The van der Waals surface area contributed by atoms with E-state index in [1.54, 1.807) is 11.8 Å². The van der Waals surface area contributed by atoms with E-state index in [1.165, 1.54) is 17.7 Å². The van der Waals surface area contributed by atoms with Crippen LogP contribution in [0.5, 0.6) is 0 Å². The number of ether oxygens (including phenoxy) is 1. The standard InChI is InChI=1S/C15H22N4O2S/c1-10(2)7-12(14-16-9-17-19(14)3)18-15(20)13-6-5-11(22-13)8-21-4/h5-6,9-10,12H,7-8H2,1-4H3,(H,18,20)/t12-/m0/s1. The molecule has 0 aromatic carbocycles. The Labute approximate surface area is 134 Å². The molecule has 7 heteroatoms. The molecule has 2 rings (SSSR count). The Bertz CT molecular complexity index is 621. The summed E-state index contributed by atoms with van der Waals surface area (Å²) in [7, 11) is 3.48. The molecule has 6 nitrogen and oxygen atoms in total. The van der Waals surface area contributed by atoms with Gasteiger partial charge in [-0.15, -0.1) is 11.3 Å². The van der Waals surface area contributed by atoms with Crippen molar-refractivity contribution in [1.82, 2.24) is 20.1 Å². The first-order valence-electron chi connectivity index (χ1n) is 7.23. The first-order valence-corrected chi connectivity index (χ1v) is 8.05. The Balaban J connectivity index is 2.12. The first-order chi connectivity index (χ1) is 10.5. The number of hydrogen-bond acceptors (Lipinski definition) is 5. The number of aromatic nitrogens is 3. The van der Waals surface area contributed by atoms with Crippen LogP contribution < -0.4 is 5.32 Å². The van der Waals surface area contributed by atoms with Gasteiger partial charge >= 0.3 is 0 Å². The summed E-state index contributed by atoms with van der Waals surface area (Å²) in [4.78, 5) is 18.5. The highest BCUT2D eigenvalue weighted by Crippen LogP contribution is 2.22. The number of hydrogen-bond donors (Lipinski definition) is 1. The van der Waals surface area contributed by atoms with E-state index in [-0.39, 0.29) is 11.9 Å². The molecule has 0 aliphatic carbocycles. The van der Waals surface area contributed by atoms with Gasteiger partial charge in [0.1, 0.15) is 12.2 Å². The van der Waals surface area contributed by atoms with Gasteiger partial charge in [0.15, 0.2) is 0 Å². The maximum Gasteiger partial charge on any atom is 0.261 e. The fourth-order valence-electron chi connectivity index (χ4n) is 2.27. The molecule has 0 spiro atoms. The number of nitrogens with zero attached hydrogens (tertiary/aromatic N) is 3. The van der Waals surface area contributed by atoms with Crippen molar-refractivity contribution in [1.29, 1.82) is 0 Å². The average molecular weight is 322 g/mol. The quantitative estimate of drug-likeness (QED) is 0.850. The van der Waals surface area contributed by atoms with Crippen molar-refractivity contribution < 1.29 is 9.53 Å². The third kappa shape index (κ3) is 4.14. The summed E-state index contributed by atoms with van der Waals surface area (Å²) in [6.07, 6.45) is 2.32. The van der Waals surface area contributed by atoms with Crippen LogP contribution in [-0.4, -0.2) is 27.8 Å². The van der Waals surface area contributed by atoms with Crippen LogP contribution in [0.2, 0.25) is 0 Å². The molecular weight excluding hydrogens is 300 g/mol. The van der Waals surface area contributed by atoms with Gasteiger partial charge in [-0.3, -0.25) is 9.48 Å². The molecule has 120 valence electrons. The molecule has 1 atom stereocenters. The predicted molar refractivity (Wildman–Crippen MR) is 85.7 cm³/mol. The fourth-order valence-corrected chi connectivity index (χ4v) is 3.15. The lowest BCUT2D eigenvalue weighted by molar-refractivity contribution is 0.0933. The summed E-state index contributed by atoms with van der Waals surface area (Å²) < 4.78 is 6.79. The number of thiophene rings is 1. The van der Waals surface area contributed by atoms with E-state index in [0.29, 0.717) is 17.4 Å². The zero-order valence-electron chi connectivity index (χ0n) is 13.4. The van der Waals surface area contributed by atoms with Gasteiger partial charge in [-0.05, 0) is 24.5 Å². The Morgan fingerprint density at radius 1 is 1.45 bits per heavy atom. The number of amides is 1. The van der Waals surface area contributed by atoms with Crippen LogP contribution in [0.4, 0.5) is 0 Å². The molecular formula is C15H22N4O2S. The van der Waals surface area contributed by atoms with E-state index in [1.807, 2.05) is 19.2 Å². The molecule has 1 N–H and O–H groups in total. The largest absolute Gasteiger partial charge is 0.379 e. The lowest BCUT2D eigenvalue weighted by atomic mass is 10.0. The van der Waals surface area contributed by atoms with E-state index in [2.05, 4.69) is 29.2 Å². The van der Waals surface area contributed by atoms with Gasteiger partial charge in [-0.25, -0.2) is 4.98 Å². The molecule has 22 heavy (non-hydrogen) atoms. The number of nitrogens with one attached hydrogen (secondary N) is 1. The van der Waals surface area contributed by atoms with Crippen molar-refractivity contribution >= 4 is 17.2 Å². The molecule has 0 aliphatic rings. The summed E-state index contributed by atoms with van der Waals surface area (Å²) in [5, 5.41) is 7.16. The molecule has 2 aromatic heterocycles. The molecule has 0 unspecified atom stereocenters. The monoisotopic (exact) mass is 322 g/mol. The second-order valence-corrected chi connectivity index (χ2v) is 6.76. The second-order valence-electron chi connectivity index (χ2n) is 5.60. The minimum atomic E-state index is -0.145. The third-order valence-corrected chi connectivity index (χ3v) is 4.30. The minimum Gasteiger partial charge on any atom is -0.379 e. The van der Waals surface area contributed by atoms with E-state index in [0.717, 1.165) is 17.1 Å². The van der Waals surface area contributed by atoms with Gasteiger partial charge in [0, 0.05) is 19.0 Å². The van der Waals surface area contributed by atoms with Crippen LogP contribution in [0.3, 0.4) is 0 Å². The molecule has 0 fully saturated rings. The topological polar surface area (TPSA) is 69.0 Å². The van der Waals surface area contributed by atoms with Gasteiger partial charge in [-0.2, -0.15) is 5.10 Å². The first kappa shape index (κ1) is 16.6. The molecule has 2 heterocycles. The minimum absolute atomic E-state index is 0.0824. The third-order valence-electron chi connectivity index (χ3n) is 3.24. The van der Waals surface area contributed by atoms with Crippen molar-refractivity contribution in [2.75, 3.05) is 7.11 Å². The van der Waals surface area contributed by atoms with Gasteiger partial charge < -0.3 is 10.1 Å². The SMILES string of the molecule is COCc1ccc(C(=O)N[C@@H](CC(C)C)c2ncnn2C)s1. The number of methoxy groups -OCH3 is 1. The van der Waals surface area contributed by atoms with E-state index in [9.17, 15) is 4.79 Å². The van der Waals surface area contributed by atoms with Crippen molar-refractivity contribution in [2.24, 2.45) is 13.0 Å². The molecule has 0 aliphatic heterocycles. The lowest BCUT2D eigenvalue weighted by Gasteiger charge is -2.19. The van der Waals surface area contributed by atoms with Crippen molar-refractivity contribution in [3.63, 3.8) is 0 Å². The van der Waals surface area contributed by atoms with Crippen LogP contribution in [-0.2, 0) is 18.4 Å². The molecule has 0 radical (unpaired) electrons. The fraction of sp³-hybridized carbons (Fsp3) is 0.533. The number of rotatable bonds is 7. The van der Waals surface area contributed by atoms with Gasteiger partial charge in [-0.1, -0.05) is 13.8 Å². The van der Waals surface area contributed by atoms with Gasteiger partial charge in [0.25, 0.3) is 5.91 Å². The summed E-state index contributed by atoms with van der Waals surface area (Å²) in [6.45, 7) is 4.77. The van der Waals surface area contributed by atoms with Crippen LogP contribution in [0.15, 0.2) is 18.5 Å². The number of aryl methyl sites for hydroxylation is 1. The zero-order valence-corrected chi connectivity index (χ0v) is 14.2. The van der Waals surface area contributed by atoms with Gasteiger partial charge in [0.05, 0.1) is 17.5 Å². The summed E-state index contributed by atoms with van der Waals surface area (Å²) in [6, 6.07) is 3.60. The van der Waals surface area contributed by atoms with Crippen LogP contribution in [0.1, 0.15) is 46.7 Å². The van der Waals surface area contributed by atoms with Crippen molar-refractivity contribution in [2.45, 2.75) is 32.9 Å². The van der Waals surface area contributed by atoms with E-state index >= 15 is 0 Å². The number of carbonyl (C=O) groups is 1. The molecule has 2 aromatic rings. The Kier molecular flexibility index (Phi) is 5.68. The van der Waals surface area contributed by atoms with E-state index < -0.39 is 0 Å². The normalized spacial score (nSPS) is 12.6. The highest BCUT2D eigenvalue weighted by atomic mass is 32.1. The van der Waals surface area contributed by atoms with E-state index in [4.69, 9.17) is 4.74 Å². The van der Waals surface area contributed by atoms with Crippen molar-refractivity contribution in [3.8, 4) is 0 Å². The highest BCUT2D eigenvalue weighted by molar-refractivity contribution is 7.14. The zero-order chi connectivity index (χ0) is 16.1. The Morgan fingerprint density at radius 2 is 2.23 bits per heavy atom. The molecule has 0 saturated carbocycles. The summed E-state index contributed by atoms with van der Waals surface area (Å²) in [5.74, 6) is 1.13. The Hall–Kier alpha value is -1.73. The summed E-state index contributed by atoms with van der Waals surface area (Å²) >= 11 is 1.45. The van der Waals surface area contributed by atoms with Gasteiger partial charge in [0.2, 0.25) is 0 Å². The molecule has 1 amide bonds. The van der Waals surface area contributed by atoms with Crippen LogP contribution in [0, 0.1) is 5.92 Å². The number of carbonyl (C=O) groups excluding carboxylic acids is 1. The molecule has 0 saturated heterocycles. The highest BCUT2D eigenvalue weighted by Gasteiger charge is 2.21. The van der Waals surface area contributed by atoms with Crippen LogP contribution in [0.25, 0.3) is 0 Å². The predicted octanol–water partition coefficient (Wildman–Crippen LogP) is 2.54. The van der Waals surface area contributed by atoms with Crippen molar-refractivity contribution in [3.05, 3.63) is 34.0 Å². The maximum absolute atomic E-state index is 12.5. The maximum atomic E-state index is 12.5. The second kappa shape index (κ2) is 7.51. The smallest absolute Gasteiger partial charge is 0.261 e. The Morgan fingerprint density at radius 3 is 2.82 bits per heavy atom. The average Bonchev–Trinajstić information content (AvgIpc) is 3.07. The van der Waals surface area contributed by atoms with Crippen LogP contribution >= 0.6 is 11.3 Å². The summed E-state index contributed by atoms with van der Waals surface area (Å²) in [5.41, 5.74) is 0.